The standard InChI is InChI=1S/C17H29N/c1-6-12-18-13-11-17(4,5)16-9-7-15(8-10-16)14(2)3/h7-10,14,18H,6,11-13H2,1-5H3. The minimum absolute atomic E-state index is 0.260. The van der Waals surface area contributed by atoms with Gasteiger partial charge in [0.25, 0.3) is 0 Å². The largest absolute Gasteiger partial charge is 0.317 e. The van der Waals surface area contributed by atoms with Gasteiger partial charge in [-0.3, -0.25) is 0 Å². The second-order valence-electron chi connectivity index (χ2n) is 6.16. The van der Waals surface area contributed by atoms with Crippen LogP contribution in [0, 0.1) is 0 Å². The number of hydrogen-bond acceptors (Lipinski definition) is 1. The first-order chi connectivity index (χ1) is 8.47. The summed E-state index contributed by atoms with van der Waals surface area (Å²) >= 11 is 0. The van der Waals surface area contributed by atoms with Crippen LogP contribution < -0.4 is 5.32 Å². The van der Waals surface area contributed by atoms with Gasteiger partial charge >= 0.3 is 0 Å². The van der Waals surface area contributed by atoms with E-state index < -0.39 is 0 Å². The summed E-state index contributed by atoms with van der Waals surface area (Å²) in [6, 6.07) is 9.16. The van der Waals surface area contributed by atoms with E-state index in [4.69, 9.17) is 0 Å². The normalized spacial score (nSPS) is 12.1. The first-order valence-corrected chi connectivity index (χ1v) is 7.28. The Morgan fingerprint density at radius 2 is 1.67 bits per heavy atom. The maximum Gasteiger partial charge on any atom is -0.00406 e. The molecule has 0 aliphatic carbocycles. The fourth-order valence-corrected chi connectivity index (χ4v) is 2.17. The molecule has 1 N–H and O–H groups in total. The number of rotatable bonds is 7. The third-order valence-electron chi connectivity index (χ3n) is 3.71. The van der Waals surface area contributed by atoms with Crippen LogP contribution in [0.5, 0.6) is 0 Å². The SMILES string of the molecule is CCCNCCC(C)(C)c1ccc(C(C)C)cc1. The molecule has 0 bridgehead atoms. The second kappa shape index (κ2) is 6.94. The summed E-state index contributed by atoms with van der Waals surface area (Å²) in [6.45, 7) is 13.6. The van der Waals surface area contributed by atoms with Crippen molar-refractivity contribution in [3.63, 3.8) is 0 Å². The smallest absolute Gasteiger partial charge is 0.00406 e. The topological polar surface area (TPSA) is 12.0 Å². The van der Waals surface area contributed by atoms with Crippen molar-refractivity contribution >= 4 is 0 Å². The number of nitrogens with one attached hydrogen (secondary N) is 1. The van der Waals surface area contributed by atoms with Crippen LogP contribution in [0.1, 0.15) is 64.5 Å². The molecule has 1 nitrogen and oxygen atoms in total. The van der Waals surface area contributed by atoms with E-state index in [0.717, 1.165) is 13.1 Å². The fraction of sp³-hybridized carbons (Fsp3) is 0.647. The van der Waals surface area contributed by atoms with Crippen LogP contribution in [0.3, 0.4) is 0 Å². The molecule has 0 heterocycles. The Bertz CT molecular complexity index is 335. The van der Waals surface area contributed by atoms with Gasteiger partial charge in [0.05, 0.1) is 0 Å². The van der Waals surface area contributed by atoms with Crippen LogP contribution in [0.25, 0.3) is 0 Å². The maximum atomic E-state index is 3.49. The Labute approximate surface area is 113 Å². The highest BCUT2D eigenvalue weighted by atomic mass is 14.8. The lowest BCUT2D eigenvalue weighted by Crippen LogP contribution is -2.25. The van der Waals surface area contributed by atoms with Gasteiger partial charge < -0.3 is 5.32 Å². The summed E-state index contributed by atoms with van der Waals surface area (Å²) in [5.41, 5.74) is 3.14. The highest BCUT2D eigenvalue weighted by Crippen LogP contribution is 2.27. The predicted molar refractivity (Wildman–Crippen MR) is 81.3 cm³/mol. The van der Waals surface area contributed by atoms with E-state index in [1.54, 1.807) is 0 Å². The summed E-state index contributed by atoms with van der Waals surface area (Å²) in [4.78, 5) is 0. The molecular formula is C17H29N. The van der Waals surface area contributed by atoms with Crippen molar-refractivity contribution in [2.75, 3.05) is 13.1 Å². The molecule has 0 amide bonds. The molecule has 0 atom stereocenters. The molecule has 0 saturated carbocycles. The summed E-state index contributed by atoms with van der Waals surface area (Å²) < 4.78 is 0. The van der Waals surface area contributed by atoms with Crippen molar-refractivity contribution in [3.05, 3.63) is 35.4 Å². The second-order valence-corrected chi connectivity index (χ2v) is 6.16. The zero-order valence-corrected chi connectivity index (χ0v) is 12.7. The number of benzene rings is 1. The third kappa shape index (κ3) is 4.45. The van der Waals surface area contributed by atoms with E-state index in [2.05, 4.69) is 64.2 Å². The summed E-state index contributed by atoms with van der Waals surface area (Å²) in [5.74, 6) is 0.619. The Balaban J connectivity index is 2.60. The maximum absolute atomic E-state index is 3.49. The zero-order valence-electron chi connectivity index (χ0n) is 12.7. The first kappa shape index (κ1) is 15.2. The van der Waals surface area contributed by atoms with E-state index in [1.807, 2.05) is 0 Å². The number of hydrogen-bond donors (Lipinski definition) is 1. The van der Waals surface area contributed by atoms with Gasteiger partial charge in [0.1, 0.15) is 0 Å². The molecule has 0 aliphatic rings. The molecule has 0 radical (unpaired) electrons. The molecular weight excluding hydrogens is 218 g/mol. The monoisotopic (exact) mass is 247 g/mol. The van der Waals surface area contributed by atoms with E-state index in [1.165, 1.54) is 24.0 Å². The van der Waals surface area contributed by atoms with Crippen molar-refractivity contribution in [1.29, 1.82) is 0 Å². The van der Waals surface area contributed by atoms with E-state index in [9.17, 15) is 0 Å². The van der Waals surface area contributed by atoms with Crippen LogP contribution in [0.4, 0.5) is 0 Å². The Kier molecular flexibility index (Phi) is 5.87. The van der Waals surface area contributed by atoms with Crippen LogP contribution in [-0.4, -0.2) is 13.1 Å². The molecule has 0 aliphatic heterocycles. The van der Waals surface area contributed by atoms with Gasteiger partial charge in [-0.2, -0.15) is 0 Å². The lowest BCUT2D eigenvalue weighted by Gasteiger charge is -2.26. The summed E-state index contributed by atoms with van der Waals surface area (Å²) in [6.07, 6.45) is 2.40. The third-order valence-corrected chi connectivity index (χ3v) is 3.71. The van der Waals surface area contributed by atoms with Gasteiger partial charge in [-0.15, -0.1) is 0 Å². The van der Waals surface area contributed by atoms with Gasteiger partial charge in [-0.05, 0) is 48.4 Å². The quantitative estimate of drug-likeness (QED) is 0.701. The van der Waals surface area contributed by atoms with E-state index in [0.29, 0.717) is 5.92 Å². The first-order valence-electron chi connectivity index (χ1n) is 7.28. The zero-order chi connectivity index (χ0) is 13.6. The van der Waals surface area contributed by atoms with Crippen LogP contribution in [-0.2, 0) is 5.41 Å². The average Bonchev–Trinajstić information content (AvgIpc) is 2.35. The lowest BCUT2D eigenvalue weighted by atomic mass is 9.81. The van der Waals surface area contributed by atoms with Crippen LogP contribution in [0.15, 0.2) is 24.3 Å². The Morgan fingerprint density at radius 1 is 1.06 bits per heavy atom. The molecule has 1 aromatic rings. The molecule has 0 unspecified atom stereocenters. The molecule has 102 valence electrons. The minimum atomic E-state index is 0.260. The molecule has 0 aromatic heterocycles. The predicted octanol–water partition coefficient (Wildman–Crippen LogP) is 4.48. The highest BCUT2D eigenvalue weighted by Gasteiger charge is 2.19. The lowest BCUT2D eigenvalue weighted by molar-refractivity contribution is 0.457. The average molecular weight is 247 g/mol. The van der Waals surface area contributed by atoms with Crippen molar-refractivity contribution in [2.45, 2.75) is 58.8 Å². The van der Waals surface area contributed by atoms with E-state index in [-0.39, 0.29) is 5.41 Å². The van der Waals surface area contributed by atoms with Crippen molar-refractivity contribution in [2.24, 2.45) is 0 Å². The van der Waals surface area contributed by atoms with Gasteiger partial charge in [-0.1, -0.05) is 58.9 Å². The van der Waals surface area contributed by atoms with Crippen LogP contribution >= 0.6 is 0 Å². The van der Waals surface area contributed by atoms with Gasteiger partial charge in [0.15, 0.2) is 0 Å². The molecule has 0 spiro atoms. The summed E-state index contributed by atoms with van der Waals surface area (Å²) in [7, 11) is 0. The molecule has 1 rings (SSSR count). The fourth-order valence-electron chi connectivity index (χ4n) is 2.17. The van der Waals surface area contributed by atoms with Crippen molar-refractivity contribution < 1.29 is 0 Å². The molecule has 1 heteroatoms. The van der Waals surface area contributed by atoms with Crippen LogP contribution in [0.2, 0.25) is 0 Å². The molecule has 18 heavy (non-hydrogen) atoms. The highest BCUT2D eigenvalue weighted by molar-refractivity contribution is 5.29. The van der Waals surface area contributed by atoms with Gasteiger partial charge in [0, 0.05) is 0 Å². The van der Waals surface area contributed by atoms with Crippen molar-refractivity contribution in [3.8, 4) is 0 Å². The summed E-state index contributed by atoms with van der Waals surface area (Å²) in [5, 5.41) is 3.49. The van der Waals surface area contributed by atoms with Gasteiger partial charge in [0.2, 0.25) is 0 Å². The molecule has 0 saturated heterocycles. The van der Waals surface area contributed by atoms with Crippen molar-refractivity contribution in [1.82, 2.24) is 5.32 Å². The Hall–Kier alpha value is -0.820. The Morgan fingerprint density at radius 3 is 2.17 bits per heavy atom. The van der Waals surface area contributed by atoms with Gasteiger partial charge in [-0.25, -0.2) is 0 Å². The minimum Gasteiger partial charge on any atom is -0.317 e. The molecule has 1 aromatic carbocycles. The molecule has 0 fully saturated rings. The van der Waals surface area contributed by atoms with E-state index >= 15 is 0 Å².